The van der Waals surface area contributed by atoms with E-state index in [1.165, 1.54) is 14.2 Å². The summed E-state index contributed by atoms with van der Waals surface area (Å²) in [7, 11) is 3.03. The molecule has 0 aliphatic rings. The molecule has 2 aromatic carbocycles. The number of carbonyl (C=O) groups excluding carboxylic acids is 2. The Hall–Kier alpha value is -2.54. The third-order valence-corrected chi connectivity index (χ3v) is 4.76. The van der Waals surface area contributed by atoms with Crippen LogP contribution in [0.4, 0.5) is 0 Å². The minimum Gasteiger partial charge on any atom is -0.497 e. The van der Waals surface area contributed by atoms with Crippen molar-refractivity contribution in [3.8, 4) is 11.5 Å². The van der Waals surface area contributed by atoms with Crippen molar-refractivity contribution in [1.82, 2.24) is 10.6 Å². The lowest BCUT2D eigenvalue weighted by atomic mass is 10.0. The zero-order valence-corrected chi connectivity index (χ0v) is 18.0. The lowest BCUT2D eigenvalue weighted by molar-refractivity contribution is -0.124. The lowest BCUT2D eigenvalue weighted by Crippen LogP contribution is -2.49. The molecule has 2 rings (SSSR count). The molecule has 0 fully saturated rings. The fourth-order valence-electron chi connectivity index (χ4n) is 2.60. The minimum absolute atomic E-state index is 0.0821. The van der Waals surface area contributed by atoms with Crippen LogP contribution in [0.25, 0.3) is 0 Å². The molecule has 150 valence electrons. The van der Waals surface area contributed by atoms with Crippen molar-refractivity contribution in [3.63, 3.8) is 0 Å². The normalized spacial score (nSPS) is 11.6. The summed E-state index contributed by atoms with van der Waals surface area (Å²) in [4.78, 5) is 25.4. The summed E-state index contributed by atoms with van der Waals surface area (Å²) in [6, 6.07) is 11.9. The minimum atomic E-state index is -0.667. The Morgan fingerprint density at radius 2 is 1.57 bits per heavy atom. The van der Waals surface area contributed by atoms with Gasteiger partial charge in [-0.15, -0.1) is 0 Å². The first-order chi connectivity index (χ1) is 13.3. The molecule has 0 heterocycles. The highest BCUT2D eigenvalue weighted by molar-refractivity contribution is 9.10. The highest BCUT2D eigenvalue weighted by Crippen LogP contribution is 2.22. The maximum absolute atomic E-state index is 12.7. The number of rotatable bonds is 8. The van der Waals surface area contributed by atoms with E-state index >= 15 is 0 Å². The molecule has 7 heteroatoms. The van der Waals surface area contributed by atoms with E-state index in [-0.39, 0.29) is 17.7 Å². The maximum Gasteiger partial charge on any atom is 0.252 e. The van der Waals surface area contributed by atoms with E-state index < -0.39 is 6.04 Å². The molecule has 0 aromatic heterocycles. The van der Waals surface area contributed by atoms with E-state index in [1.54, 1.807) is 18.2 Å². The number of carbonyl (C=O) groups is 2. The Balaban J connectivity index is 2.07. The summed E-state index contributed by atoms with van der Waals surface area (Å²) in [5.74, 6) is 0.327. The first-order valence-electron chi connectivity index (χ1n) is 8.90. The van der Waals surface area contributed by atoms with E-state index in [1.807, 2.05) is 38.1 Å². The van der Waals surface area contributed by atoms with E-state index in [0.717, 1.165) is 10.0 Å². The topological polar surface area (TPSA) is 76.7 Å². The van der Waals surface area contributed by atoms with Gasteiger partial charge < -0.3 is 20.1 Å². The quantitative estimate of drug-likeness (QED) is 0.647. The van der Waals surface area contributed by atoms with Crippen molar-refractivity contribution in [1.29, 1.82) is 0 Å². The molecular weight excluding hydrogens is 424 g/mol. The van der Waals surface area contributed by atoms with Crippen molar-refractivity contribution in [2.45, 2.75) is 26.4 Å². The molecule has 1 atom stereocenters. The number of amides is 2. The number of halogens is 1. The molecule has 1 unspecified atom stereocenters. The molecule has 28 heavy (non-hydrogen) atoms. The number of nitrogens with one attached hydrogen (secondary N) is 2. The van der Waals surface area contributed by atoms with E-state index in [4.69, 9.17) is 9.47 Å². The monoisotopic (exact) mass is 448 g/mol. The van der Waals surface area contributed by atoms with Crippen LogP contribution in [-0.4, -0.2) is 32.1 Å². The predicted molar refractivity (Wildman–Crippen MR) is 112 cm³/mol. The van der Waals surface area contributed by atoms with Gasteiger partial charge in [-0.2, -0.15) is 0 Å². The second-order valence-corrected chi connectivity index (χ2v) is 7.56. The fourth-order valence-corrected chi connectivity index (χ4v) is 2.86. The summed E-state index contributed by atoms with van der Waals surface area (Å²) < 4.78 is 11.4. The molecule has 0 spiro atoms. The number of methoxy groups -OCH3 is 2. The van der Waals surface area contributed by atoms with Crippen molar-refractivity contribution < 1.29 is 19.1 Å². The molecule has 0 bridgehead atoms. The van der Waals surface area contributed by atoms with Crippen LogP contribution in [0.3, 0.4) is 0 Å². The molecular formula is C21H25BrN2O4. The number of benzene rings is 2. The van der Waals surface area contributed by atoms with Gasteiger partial charge in [0.15, 0.2) is 0 Å². The third kappa shape index (κ3) is 5.99. The Morgan fingerprint density at radius 1 is 1.00 bits per heavy atom. The summed E-state index contributed by atoms with van der Waals surface area (Å²) in [6.45, 7) is 4.16. The highest BCUT2D eigenvalue weighted by atomic mass is 79.9. The molecule has 2 N–H and O–H groups in total. The van der Waals surface area contributed by atoms with E-state index in [2.05, 4.69) is 26.6 Å². The van der Waals surface area contributed by atoms with Crippen LogP contribution in [0.5, 0.6) is 11.5 Å². The first-order valence-corrected chi connectivity index (χ1v) is 9.69. The van der Waals surface area contributed by atoms with Gasteiger partial charge in [0.05, 0.1) is 14.2 Å². The van der Waals surface area contributed by atoms with Crippen LogP contribution in [0.2, 0.25) is 0 Å². The van der Waals surface area contributed by atoms with Crippen LogP contribution < -0.4 is 20.1 Å². The van der Waals surface area contributed by atoms with Crippen LogP contribution in [-0.2, 0) is 11.3 Å². The molecule has 0 saturated carbocycles. The zero-order valence-electron chi connectivity index (χ0n) is 16.4. The fraction of sp³-hybridized carbons (Fsp3) is 0.333. The van der Waals surface area contributed by atoms with Crippen LogP contribution in [0.1, 0.15) is 29.8 Å². The van der Waals surface area contributed by atoms with Crippen molar-refractivity contribution in [2.75, 3.05) is 14.2 Å². The van der Waals surface area contributed by atoms with Gasteiger partial charge in [-0.25, -0.2) is 0 Å². The Kier molecular flexibility index (Phi) is 7.87. The molecule has 0 aliphatic heterocycles. The third-order valence-electron chi connectivity index (χ3n) is 4.23. The molecule has 0 aliphatic carbocycles. The van der Waals surface area contributed by atoms with Crippen LogP contribution in [0.15, 0.2) is 46.9 Å². The Bertz CT molecular complexity index is 799. The predicted octanol–water partition coefficient (Wildman–Crippen LogP) is 3.54. The molecule has 0 saturated heterocycles. The van der Waals surface area contributed by atoms with E-state index in [9.17, 15) is 9.59 Å². The number of ether oxygens (including phenoxy) is 2. The number of hydrogen-bond acceptors (Lipinski definition) is 4. The maximum atomic E-state index is 12.7. The average molecular weight is 449 g/mol. The van der Waals surface area contributed by atoms with Gasteiger partial charge in [0.2, 0.25) is 5.91 Å². The molecule has 2 aromatic rings. The Labute approximate surface area is 173 Å². The Morgan fingerprint density at radius 3 is 2.07 bits per heavy atom. The smallest absolute Gasteiger partial charge is 0.252 e. The van der Waals surface area contributed by atoms with Crippen LogP contribution >= 0.6 is 15.9 Å². The van der Waals surface area contributed by atoms with Gasteiger partial charge in [0.25, 0.3) is 5.91 Å². The average Bonchev–Trinajstić information content (AvgIpc) is 2.70. The summed E-state index contributed by atoms with van der Waals surface area (Å²) in [5.41, 5.74) is 1.34. The van der Waals surface area contributed by atoms with Gasteiger partial charge in [0, 0.05) is 22.6 Å². The van der Waals surface area contributed by atoms with Crippen molar-refractivity contribution in [3.05, 3.63) is 58.1 Å². The largest absolute Gasteiger partial charge is 0.497 e. The summed E-state index contributed by atoms with van der Waals surface area (Å²) in [6.07, 6.45) is 0. The van der Waals surface area contributed by atoms with Gasteiger partial charge in [0.1, 0.15) is 17.5 Å². The summed E-state index contributed by atoms with van der Waals surface area (Å²) in [5, 5.41) is 5.69. The van der Waals surface area contributed by atoms with Crippen LogP contribution in [0, 0.1) is 5.92 Å². The van der Waals surface area contributed by atoms with Gasteiger partial charge >= 0.3 is 0 Å². The van der Waals surface area contributed by atoms with Gasteiger partial charge in [-0.1, -0.05) is 41.9 Å². The zero-order chi connectivity index (χ0) is 20.7. The van der Waals surface area contributed by atoms with E-state index in [0.29, 0.717) is 23.6 Å². The summed E-state index contributed by atoms with van der Waals surface area (Å²) >= 11 is 3.38. The van der Waals surface area contributed by atoms with Crippen molar-refractivity contribution >= 4 is 27.7 Å². The van der Waals surface area contributed by atoms with Crippen molar-refractivity contribution in [2.24, 2.45) is 5.92 Å². The van der Waals surface area contributed by atoms with Gasteiger partial charge in [-0.05, 0) is 35.7 Å². The van der Waals surface area contributed by atoms with Gasteiger partial charge in [-0.3, -0.25) is 9.59 Å². The molecule has 0 radical (unpaired) electrons. The first kappa shape index (κ1) is 21.8. The standard InChI is InChI=1S/C21H25BrN2O4/c1-13(2)19(21(26)23-12-14-5-7-16(22)8-6-14)24-20(25)15-9-17(27-3)11-18(10-15)28-4/h5-11,13,19H,12H2,1-4H3,(H,23,26)(H,24,25). The second kappa shape index (κ2) is 10.1. The lowest BCUT2D eigenvalue weighted by Gasteiger charge is -2.22. The SMILES string of the molecule is COc1cc(OC)cc(C(=O)NC(C(=O)NCc2ccc(Br)cc2)C(C)C)c1. The molecule has 2 amide bonds. The number of hydrogen-bond donors (Lipinski definition) is 2. The second-order valence-electron chi connectivity index (χ2n) is 6.64. The highest BCUT2D eigenvalue weighted by Gasteiger charge is 2.25. The molecule has 6 nitrogen and oxygen atoms in total.